The molecule has 46 heavy (non-hydrogen) atoms. The highest BCUT2D eigenvalue weighted by atomic mass is 32.2. The summed E-state index contributed by atoms with van der Waals surface area (Å²) in [5.74, 6) is 0.877. The molecule has 244 valence electrons. The van der Waals surface area contributed by atoms with Crippen LogP contribution in [-0.2, 0) is 21.4 Å². The van der Waals surface area contributed by atoms with Gasteiger partial charge in [-0.15, -0.1) is 0 Å². The van der Waals surface area contributed by atoms with E-state index in [-0.39, 0.29) is 23.9 Å². The van der Waals surface area contributed by atoms with E-state index in [1.54, 1.807) is 27.0 Å². The molecule has 2 bridgehead atoms. The summed E-state index contributed by atoms with van der Waals surface area (Å²) >= 11 is 0. The topological polar surface area (TPSA) is 101 Å². The Morgan fingerprint density at radius 3 is 2.46 bits per heavy atom. The Kier molecular flexibility index (Phi) is 6.89. The molecule has 0 radical (unpaired) electrons. The second kappa shape index (κ2) is 10.6. The van der Waals surface area contributed by atoms with Crippen molar-refractivity contribution in [3.05, 3.63) is 53.1 Å². The van der Waals surface area contributed by atoms with E-state index >= 15 is 0 Å². The normalized spacial score (nSPS) is 27.3. The van der Waals surface area contributed by atoms with Crippen molar-refractivity contribution in [2.24, 2.45) is 5.41 Å². The molecular formula is C36H44N4O5S. The molecule has 4 heterocycles. The van der Waals surface area contributed by atoms with Gasteiger partial charge in [-0.2, -0.15) is 0 Å². The second-order valence-electron chi connectivity index (χ2n) is 14.8. The van der Waals surface area contributed by atoms with Crippen LogP contribution in [0, 0.1) is 5.41 Å². The molecule has 2 aliphatic carbocycles. The lowest BCUT2D eigenvalue weighted by Gasteiger charge is -2.56. The number of amides is 2. The number of benzene rings is 2. The summed E-state index contributed by atoms with van der Waals surface area (Å²) in [6, 6.07) is 12.5. The zero-order chi connectivity index (χ0) is 32.1. The molecule has 10 heteroatoms. The number of likely N-dealkylation sites (N-methyl/N-ethyl adjacent to an activating group) is 1. The van der Waals surface area contributed by atoms with Crippen LogP contribution in [0.3, 0.4) is 0 Å². The predicted molar refractivity (Wildman–Crippen MR) is 178 cm³/mol. The molecule has 4 atom stereocenters. The Bertz CT molecular complexity index is 1860. The number of fused-ring (bicyclic) bond motifs is 9. The van der Waals surface area contributed by atoms with E-state index < -0.39 is 26.6 Å². The zero-order valence-electron chi connectivity index (χ0n) is 27.2. The first-order valence-electron chi connectivity index (χ1n) is 16.9. The van der Waals surface area contributed by atoms with E-state index in [2.05, 4.69) is 38.3 Å². The summed E-state index contributed by atoms with van der Waals surface area (Å²) in [6.07, 6.45) is 7.65. The summed E-state index contributed by atoms with van der Waals surface area (Å²) in [6.45, 7) is 5.47. The summed E-state index contributed by atoms with van der Waals surface area (Å²) < 4.78 is 35.6. The molecule has 2 aromatic carbocycles. The molecule has 0 spiro atoms. The van der Waals surface area contributed by atoms with Crippen LogP contribution in [0.1, 0.15) is 92.1 Å². The Hall–Kier alpha value is -3.37. The lowest BCUT2D eigenvalue weighted by Crippen LogP contribution is -2.70. The number of carbonyl (C=O) groups excluding carboxylic acids is 2. The van der Waals surface area contributed by atoms with Crippen molar-refractivity contribution >= 4 is 32.7 Å². The number of hydrogen-bond donors (Lipinski definition) is 1. The molecule has 1 aromatic heterocycles. The molecule has 5 aliphatic rings. The lowest BCUT2D eigenvalue weighted by atomic mass is 9.81. The van der Waals surface area contributed by atoms with Crippen LogP contribution >= 0.6 is 0 Å². The van der Waals surface area contributed by atoms with Crippen LogP contribution in [0.15, 0.2) is 36.4 Å². The molecule has 1 N–H and O–H groups in total. The van der Waals surface area contributed by atoms with Crippen LogP contribution in [0.5, 0.6) is 5.75 Å². The van der Waals surface area contributed by atoms with E-state index in [0.29, 0.717) is 18.0 Å². The van der Waals surface area contributed by atoms with Crippen molar-refractivity contribution in [3.63, 3.8) is 0 Å². The van der Waals surface area contributed by atoms with Crippen LogP contribution in [-0.4, -0.2) is 79.2 Å². The first kappa shape index (κ1) is 30.0. The van der Waals surface area contributed by atoms with E-state index in [4.69, 9.17) is 4.74 Å². The van der Waals surface area contributed by atoms with Gasteiger partial charge in [0.05, 0.1) is 23.5 Å². The van der Waals surface area contributed by atoms with Gasteiger partial charge in [-0.05, 0) is 94.0 Å². The minimum Gasteiger partial charge on any atom is -0.497 e. The fraction of sp³-hybridized carbons (Fsp3) is 0.556. The minimum absolute atomic E-state index is 0.0842. The summed E-state index contributed by atoms with van der Waals surface area (Å²) in [5.41, 5.74) is 5.40. The number of nitrogens with zero attached hydrogens (tertiary/aromatic N) is 3. The highest BCUT2D eigenvalue weighted by Crippen LogP contribution is 2.67. The average Bonchev–Trinajstić information content (AvgIpc) is 3.71. The summed E-state index contributed by atoms with van der Waals surface area (Å²) in [5, 5.41) is 0.366. The Morgan fingerprint density at radius 1 is 1.02 bits per heavy atom. The van der Waals surface area contributed by atoms with E-state index in [1.807, 2.05) is 18.2 Å². The molecule has 2 saturated carbocycles. The lowest BCUT2D eigenvalue weighted by molar-refractivity contribution is -0.159. The molecule has 3 aromatic rings. The van der Waals surface area contributed by atoms with Gasteiger partial charge in [0.1, 0.15) is 5.75 Å². The van der Waals surface area contributed by atoms with Gasteiger partial charge in [0, 0.05) is 59.7 Å². The molecule has 2 amide bonds. The fourth-order valence-corrected chi connectivity index (χ4v) is 9.75. The monoisotopic (exact) mass is 644 g/mol. The zero-order valence-corrected chi connectivity index (χ0v) is 28.0. The van der Waals surface area contributed by atoms with Gasteiger partial charge in [0.15, 0.2) is 0 Å². The van der Waals surface area contributed by atoms with Gasteiger partial charge < -0.3 is 19.1 Å². The number of aromatic nitrogens is 1. The molecule has 2 saturated heterocycles. The SMILES string of the molecule is COc1ccc2c(c1)[C@@H]1C[C@]1(C(=O)N1C3CC1CN(C)C3)Cn1c-2c(C2CCCCC2)c2ccc(C(=O)NS(=O)(=O)C(C)C)cc21. The van der Waals surface area contributed by atoms with Crippen LogP contribution in [0.4, 0.5) is 0 Å². The predicted octanol–water partition coefficient (Wildman–Crippen LogP) is 5.23. The van der Waals surface area contributed by atoms with Crippen molar-refractivity contribution in [2.45, 2.75) is 94.5 Å². The number of carbonyl (C=O) groups is 2. The molecular weight excluding hydrogens is 600 g/mol. The number of likely N-dealkylation sites (tertiary alicyclic amines) is 2. The number of piperidine rings is 1. The first-order chi connectivity index (χ1) is 22.0. The van der Waals surface area contributed by atoms with Crippen LogP contribution in [0.2, 0.25) is 0 Å². The summed E-state index contributed by atoms with van der Waals surface area (Å²) in [7, 11) is 0.0368. The number of ether oxygens (including phenoxy) is 1. The number of piperazine rings is 1. The molecule has 9 nitrogen and oxygen atoms in total. The average molecular weight is 645 g/mol. The van der Waals surface area contributed by atoms with Gasteiger partial charge in [-0.1, -0.05) is 25.3 Å². The third-order valence-corrected chi connectivity index (χ3v) is 13.4. The third-order valence-electron chi connectivity index (χ3n) is 11.7. The number of methoxy groups -OCH3 is 1. The molecule has 4 fully saturated rings. The highest BCUT2D eigenvalue weighted by Gasteiger charge is 2.66. The third kappa shape index (κ3) is 4.46. The van der Waals surface area contributed by atoms with Crippen molar-refractivity contribution in [1.29, 1.82) is 0 Å². The van der Waals surface area contributed by atoms with Crippen LogP contribution in [0.25, 0.3) is 22.2 Å². The van der Waals surface area contributed by atoms with Crippen molar-refractivity contribution in [1.82, 2.24) is 19.1 Å². The van der Waals surface area contributed by atoms with E-state index in [0.717, 1.165) is 66.7 Å². The standard InChI is InChI=1S/C36H44N4O5S/c1-21(2)46(43,44)37-34(41)23-10-12-28-31(14-23)39-20-36(35(42)40-24-15-25(40)19-38(3)18-24)17-30(36)29-16-26(45-4)11-13-27(29)33(39)32(28)22-8-6-5-7-9-22/h10-14,16,21-22,24-25,30H,5-9,15,17-20H2,1-4H3,(H,37,41)/t24?,25?,30-,36-/m0/s1. The Balaban J connectivity index is 1.32. The van der Waals surface area contributed by atoms with Crippen molar-refractivity contribution in [3.8, 4) is 17.0 Å². The van der Waals surface area contributed by atoms with Gasteiger partial charge in [0.25, 0.3) is 5.91 Å². The maximum Gasteiger partial charge on any atom is 0.264 e. The second-order valence-corrected chi connectivity index (χ2v) is 17.0. The van der Waals surface area contributed by atoms with Gasteiger partial charge in [-0.3, -0.25) is 9.59 Å². The van der Waals surface area contributed by atoms with Crippen molar-refractivity contribution < 1.29 is 22.7 Å². The quantitative estimate of drug-likeness (QED) is 0.394. The minimum atomic E-state index is -3.79. The molecule has 3 aliphatic heterocycles. The van der Waals surface area contributed by atoms with Crippen molar-refractivity contribution in [2.75, 3.05) is 27.2 Å². The number of nitrogens with one attached hydrogen (secondary N) is 1. The largest absolute Gasteiger partial charge is 0.497 e. The molecule has 2 unspecified atom stereocenters. The van der Waals surface area contributed by atoms with Gasteiger partial charge >= 0.3 is 0 Å². The Morgan fingerprint density at radius 2 is 1.76 bits per heavy atom. The van der Waals surface area contributed by atoms with Gasteiger partial charge in [0.2, 0.25) is 15.9 Å². The van der Waals surface area contributed by atoms with Gasteiger partial charge in [-0.25, -0.2) is 13.1 Å². The molecule has 8 rings (SSSR count). The summed E-state index contributed by atoms with van der Waals surface area (Å²) in [4.78, 5) is 32.6. The maximum atomic E-state index is 14.8. The maximum absolute atomic E-state index is 14.8. The van der Waals surface area contributed by atoms with E-state index in [1.165, 1.54) is 30.4 Å². The Labute approximate surface area is 271 Å². The number of rotatable bonds is 6. The highest BCUT2D eigenvalue weighted by molar-refractivity contribution is 7.90. The van der Waals surface area contributed by atoms with E-state index in [9.17, 15) is 18.0 Å². The first-order valence-corrected chi connectivity index (χ1v) is 18.5. The van der Waals surface area contributed by atoms with Crippen LogP contribution < -0.4 is 9.46 Å². The smallest absolute Gasteiger partial charge is 0.264 e. The number of hydrogen-bond acceptors (Lipinski definition) is 6. The fourth-order valence-electron chi connectivity index (χ4n) is 9.14. The number of sulfonamides is 1.